The fraction of sp³-hybridized carbons (Fsp3) is 0. The minimum absolute atomic E-state index is 0.536. The monoisotopic (exact) mass is 237 g/mol. The standard InChI is InChI=1S/C13H11N5/c14-12-9-11(10-5-1-3-7-15-10)17-18(12)13-6-2-4-8-16-13/h1-9H,14H2. The number of hydrogen-bond acceptors (Lipinski definition) is 4. The summed E-state index contributed by atoms with van der Waals surface area (Å²) in [5, 5.41) is 4.42. The van der Waals surface area contributed by atoms with E-state index in [0.29, 0.717) is 11.6 Å². The maximum Gasteiger partial charge on any atom is 0.155 e. The lowest BCUT2D eigenvalue weighted by molar-refractivity contribution is 0.859. The van der Waals surface area contributed by atoms with Crippen LogP contribution >= 0.6 is 0 Å². The SMILES string of the molecule is Nc1cc(-c2ccccn2)nn1-c1ccccn1. The molecule has 0 aromatic carbocycles. The zero-order chi connectivity index (χ0) is 12.4. The Hall–Kier alpha value is -2.69. The Balaban J connectivity index is 2.07. The van der Waals surface area contributed by atoms with Crippen LogP contribution in [0.4, 0.5) is 5.82 Å². The van der Waals surface area contributed by atoms with Crippen molar-refractivity contribution in [1.29, 1.82) is 0 Å². The van der Waals surface area contributed by atoms with E-state index in [2.05, 4.69) is 15.1 Å². The van der Waals surface area contributed by atoms with Crippen molar-refractivity contribution < 1.29 is 0 Å². The molecule has 0 bridgehead atoms. The molecule has 5 nitrogen and oxygen atoms in total. The van der Waals surface area contributed by atoms with Crippen molar-refractivity contribution in [2.45, 2.75) is 0 Å². The predicted octanol–water partition coefficient (Wildman–Crippen LogP) is 1.91. The molecule has 0 fully saturated rings. The number of pyridine rings is 2. The summed E-state index contributed by atoms with van der Waals surface area (Å²) >= 11 is 0. The summed E-state index contributed by atoms with van der Waals surface area (Å²) in [6, 6.07) is 13.1. The van der Waals surface area contributed by atoms with Crippen LogP contribution in [0.15, 0.2) is 54.9 Å². The first-order valence-corrected chi connectivity index (χ1v) is 5.53. The minimum atomic E-state index is 0.536. The summed E-state index contributed by atoms with van der Waals surface area (Å²) in [6.07, 6.45) is 3.43. The molecule has 0 saturated carbocycles. The number of nitrogen functional groups attached to an aromatic ring is 1. The summed E-state index contributed by atoms with van der Waals surface area (Å²) < 4.78 is 1.60. The van der Waals surface area contributed by atoms with Crippen molar-refractivity contribution in [3.63, 3.8) is 0 Å². The average Bonchev–Trinajstić information content (AvgIpc) is 2.83. The molecule has 3 rings (SSSR count). The molecule has 0 radical (unpaired) electrons. The Labute approximate surface area is 104 Å². The lowest BCUT2D eigenvalue weighted by atomic mass is 10.3. The molecule has 0 unspecified atom stereocenters. The number of hydrogen-bond donors (Lipinski definition) is 1. The van der Waals surface area contributed by atoms with Crippen LogP contribution in [0.1, 0.15) is 0 Å². The molecule has 0 aliphatic heterocycles. The van der Waals surface area contributed by atoms with E-state index in [1.165, 1.54) is 0 Å². The zero-order valence-electron chi connectivity index (χ0n) is 9.56. The summed E-state index contributed by atoms with van der Waals surface area (Å²) in [5.41, 5.74) is 7.47. The predicted molar refractivity (Wildman–Crippen MR) is 69.0 cm³/mol. The lowest BCUT2D eigenvalue weighted by Crippen LogP contribution is -2.03. The molecule has 0 aliphatic carbocycles. The molecule has 0 saturated heterocycles. The summed E-state index contributed by atoms with van der Waals surface area (Å²) in [6.45, 7) is 0. The molecule has 3 aromatic rings. The highest BCUT2D eigenvalue weighted by atomic mass is 15.3. The van der Waals surface area contributed by atoms with E-state index in [1.54, 1.807) is 23.1 Å². The van der Waals surface area contributed by atoms with Gasteiger partial charge in [0.25, 0.3) is 0 Å². The summed E-state index contributed by atoms with van der Waals surface area (Å²) in [7, 11) is 0. The average molecular weight is 237 g/mol. The number of aromatic nitrogens is 4. The van der Waals surface area contributed by atoms with Gasteiger partial charge >= 0.3 is 0 Å². The number of nitrogens with zero attached hydrogens (tertiary/aromatic N) is 4. The van der Waals surface area contributed by atoms with Crippen LogP contribution in [0.25, 0.3) is 17.2 Å². The second-order valence-electron chi connectivity index (χ2n) is 3.77. The quantitative estimate of drug-likeness (QED) is 0.739. The van der Waals surface area contributed by atoms with E-state index >= 15 is 0 Å². The third kappa shape index (κ3) is 1.82. The molecule has 5 heteroatoms. The van der Waals surface area contributed by atoms with E-state index in [-0.39, 0.29) is 0 Å². The van der Waals surface area contributed by atoms with E-state index in [0.717, 1.165) is 11.4 Å². The van der Waals surface area contributed by atoms with E-state index in [9.17, 15) is 0 Å². The maximum atomic E-state index is 5.94. The lowest BCUT2D eigenvalue weighted by Gasteiger charge is -2.01. The topological polar surface area (TPSA) is 69.6 Å². The first kappa shape index (κ1) is 10.5. The van der Waals surface area contributed by atoms with Gasteiger partial charge < -0.3 is 5.73 Å². The Morgan fingerprint density at radius 2 is 1.67 bits per heavy atom. The second-order valence-corrected chi connectivity index (χ2v) is 3.77. The largest absolute Gasteiger partial charge is 0.384 e. The van der Waals surface area contributed by atoms with Crippen LogP contribution in [0.3, 0.4) is 0 Å². The molecule has 0 atom stereocenters. The van der Waals surface area contributed by atoms with Gasteiger partial charge in [0.05, 0.1) is 5.69 Å². The molecule has 88 valence electrons. The van der Waals surface area contributed by atoms with E-state index < -0.39 is 0 Å². The molecule has 18 heavy (non-hydrogen) atoms. The van der Waals surface area contributed by atoms with Crippen molar-refractivity contribution in [3.8, 4) is 17.2 Å². The molecule has 3 aromatic heterocycles. The van der Waals surface area contributed by atoms with Crippen LogP contribution in [-0.2, 0) is 0 Å². The van der Waals surface area contributed by atoms with Crippen LogP contribution in [0, 0.1) is 0 Å². The van der Waals surface area contributed by atoms with Gasteiger partial charge in [-0.25, -0.2) is 4.98 Å². The smallest absolute Gasteiger partial charge is 0.155 e. The molecular weight excluding hydrogens is 226 g/mol. The summed E-state index contributed by atoms with van der Waals surface area (Å²) in [4.78, 5) is 8.46. The van der Waals surface area contributed by atoms with Crippen LogP contribution < -0.4 is 5.73 Å². The normalized spacial score (nSPS) is 10.4. The van der Waals surface area contributed by atoms with Crippen LogP contribution in [-0.4, -0.2) is 19.7 Å². The summed E-state index contributed by atoms with van der Waals surface area (Å²) in [5.74, 6) is 1.23. The number of anilines is 1. The number of nitrogens with two attached hydrogens (primary N) is 1. The maximum absolute atomic E-state index is 5.94. The highest BCUT2D eigenvalue weighted by molar-refractivity contribution is 5.59. The zero-order valence-corrected chi connectivity index (χ0v) is 9.56. The molecule has 0 amide bonds. The Bertz CT molecular complexity index is 646. The van der Waals surface area contributed by atoms with Gasteiger partial charge in [0.1, 0.15) is 11.5 Å². The van der Waals surface area contributed by atoms with Gasteiger partial charge in [0, 0.05) is 18.5 Å². The Morgan fingerprint density at radius 3 is 2.33 bits per heavy atom. The van der Waals surface area contributed by atoms with Gasteiger partial charge in [-0.1, -0.05) is 12.1 Å². The molecule has 3 heterocycles. The highest BCUT2D eigenvalue weighted by Crippen LogP contribution is 2.19. The van der Waals surface area contributed by atoms with E-state index in [1.807, 2.05) is 36.4 Å². The molecule has 0 aliphatic rings. The van der Waals surface area contributed by atoms with Crippen molar-refractivity contribution in [1.82, 2.24) is 19.7 Å². The minimum Gasteiger partial charge on any atom is -0.384 e. The van der Waals surface area contributed by atoms with Crippen LogP contribution in [0.5, 0.6) is 0 Å². The first-order valence-electron chi connectivity index (χ1n) is 5.53. The van der Waals surface area contributed by atoms with Crippen LogP contribution in [0.2, 0.25) is 0 Å². The fourth-order valence-electron chi connectivity index (χ4n) is 1.70. The van der Waals surface area contributed by atoms with Gasteiger partial charge in [-0.15, -0.1) is 0 Å². The Kier molecular flexibility index (Phi) is 2.49. The van der Waals surface area contributed by atoms with Gasteiger partial charge in [0.2, 0.25) is 0 Å². The third-order valence-corrected chi connectivity index (χ3v) is 2.53. The van der Waals surface area contributed by atoms with Crippen molar-refractivity contribution in [2.24, 2.45) is 0 Å². The van der Waals surface area contributed by atoms with E-state index in [4.69, 9.17) is 5.73 Å². The molecular formula is C13H11N5. The number of rotatable bonds is 2. The fourth-order valence-corrected chi connectivity index (χ4v) is 1.70. The van der Waals surface area contributed by atoms with Crippen molar-refractivity contribution in [3.05, 3.63) is 54.9 Å². The third-order valence-electron chi connectivity index (χ3n) is 2.53. The second kappa shape index (κ2) is 4.29. The van der Waals surface area contributed by atoms with Crippen molar-refractivity contribution in [2.75, 3.05) is 5.73 Å². The van der Waals surface area contributed by atoms with Gasteiger partial charge in [-0.3, -0.25) is 4.98 Å². The molecule has 2 N–H and O–H groups in total. The van der Waals surface area contributed by atoms with Crippen molar-refractivity contribution >= 4 is 5.82 Å². The van der Waals surface area contributed by atoms with Gasteiger partial charge in [-0.05, 0) is 24.3 Å². The van der Waals surface area contributed by atoms with Gasteiger partial charge in [-0.2, -0.15) is 9.78 Å². The highest BCUT2D eigenvalue weighted by Gasteiger charge is 2.09. The molecule has 0 spiro atoms. The van der Waals surface area contributed by atoms with Gasteiger partial charge in [0.15, 0.2) is 5.82 Å². The Morgan fingerprint density at radius 1 is 0.889 bits per heavy atom. The first-order chi connectivity index (χ1) is 8.84.